The molecule has 2 heterocycles. The van der Waals surface area contributed by atoms with Crippen molar-refractivity contribution >= 4 is 17.3 Å². The van der Waals surface area contributed by atoms with E-state index in [4.69, 9.17) is 0 Å². The number of nitrogens with zero attached hydrogens (tertiary/aromatic N) is 4. The number of hydrogen-bond acceptors (Lipinski definition) is 5. The molecule has 6 heteroatoms. The van der Waals surface area contributed by atoms with Crippen LogP contribution in [0.1, 0.15) is 37.9 Å². The van der Waals surface area contributed by atoms with Gasteiger partial charge in [-0.1, -0.05) is 20.8 Å². The standard InChI is InChI=1S/C14H22N6/c1-6-10-11(7-20(5)19-10)18-14-12(9(2)3)13(15-4)16-8-17-14/h7-9H,6H2,1-5H3,(H2,15,16,17,18). The van der Waals surface area contributed by atoms with Gasteiger partial charge >= 0.3 is 0 Å². The van der Waals surface area contributed by atoms with E-state index in [1.165, 1.54) is 0 Å². The van der Waals surface area contributed by atoms with E-state index in [1.54, 1.807) is 6.33 Å². The average molecular weight is 274 g/mol. The molecule has 108 valence electrons. The number of hydrogen-bond donors (Lipinski definition) is 2. The summed E-state index contributed by atoms with van der Waals surface area (Å²) in [5.74, 6) is 2.02. The van der Waals surface area contributed by atoms with Crippen LogP contribution in [0, 0.1) is 0 Å². The Balaban J connectivity index is 2.42. The van der Waals surface area contributed by atoms with Crippen molar-refractivity contribution in [3.05, 3.63) is 23.8 Å². The monoisotopic (exact) mass is 274 g/mol. The van der Waals surface area contributed by atoms with Crippen LogP contribution in [0.25, 0.3) is 0 Å². The van der Waals surface area contributed by atoms with E-state index in [1.807, 2.05) is 25.0 Å². The molecule has 0 aromatic carbocycles. The summed E-state index contributed by atoms with van der Waals surface area (Å²) in [6, 6.07) is 0. The Kier molecular flexibility index (Phi) is 4.22. The molecule has 0 unspecified atom stereocenters. The van der Waals surface area contributed by atoms with Crippen molar-refractivity contribution < 1.29 is 0 Å². The van der Waals surface area contributed by atoms with Crippen LogP contribution in [0.4, 0.5) is 17.3 Å². The normalized spacial score (nSPS) is 10.9. The molecule has 0 radical (unpaired) electrons. The molecule has 0 aliphatic heterocycles. The van der Waals surface area contributed by atoms with Crippen LogP contribution >= 0.6 is 0 Å². The number of nitrogens with one attached hydrogen (secondary N) is 2. The van der Waals surface area contributed by atoms with Crippen molar-refractivity contribution in [1.29, 1.82) is 0 Å². The predicted octanol–water partition coefficient (Wildman–Crippen LogP) is 2.68. The Morgan fingerprint density at radius 3 is 2.55 bits per heavy atom. The first-order valence-corrected chi connectivity index (χ1v) is 6.89. The Hall–Kier alpha value is -2.11. The smallest absolute Gasteiger partial charge is 0.139 e. The first-order valence-electron chi connectivity index (χ1n) is 6.89. The highest BCUT2D eigenvalue weighted by Crippen LogP contribution is 2.30. The molecule has 0 fully saturated rings. The van der Waals surface area contributed by atoms with Crippen LogP contribution in [-0.4, -0.2) is 26.8 Å². The van der Waals surface area contributed by atoms with Gasteiger partial charge in [-0.15, -0.1) is 0 Å². The lowest BCUT2D eigenvalue weighted by atomic mass is 10.0. The van der Waals surface area contributed by atoms with Crippen LogP contribution in [-0.2, 0) is 13.5 Å². The molecule has 0 atom stereocenters. The second-order valence-electron chi connectivity index (χ2n) is 5.03. The predicted molar refractivity (Wildman–Crippen MR) is 81.5 cm³/mol. The number of aryl methyl sites for hydroxylation is 2. The zero-order valence-electron chi connectivity index (χ0n) is 12.7. The topological polar surface area (TPSA) is 67.7 Å². The van der Waals surface area contributed by atoms with Gasteiger partial charge in [0.25, 0.3) is 0 Å². The molecular weight excluding hydrogens is 252 g/mol. The van der Waals surface area contributed by atoms with E-state index < -0.39 is 0 Å². The van der Waals surface area contributed by atoms with Crippen LogP contribution in [0.3, 0.4) is 0 Å². The van der Waals surface area contributed by atoms with Gasteiger partial charge in [0.05, 0.1) is 11.4 Å². The van der Waals surface area contributed by atoms with Gasteiger partial charge in [0.1, 0.15) is 18.0 Å². The molecule has 0 saturated heterocycles. The average Bonchev–Trinajstić information content (AvgIpc) is 2.78. The Bertz CT molecular complexity index is 587. The maximum Gasteiger partial charge on any atom is 0.139 e. The maximum absolute atomic E-state index is 4.44. The molecule has 0 spiro atoms. The molecule has 2 N–H and O–H groups in total. The van der Waals surface area contributed by atoms with Gasteiger partial charge in [-0.25, -0.2) is 9.97 Å². The van der Waals surface area contributed by atoms with E-state index in [-0.39, 0.29) is 0 Å². The number of anilines is 3. The highest BCUT2D eigenvalue weighted by Gasteiger charge is 2.16. The second-order valence-corrected chi connectivity index (χ2v) is 5.03. The van der Waals surface area contributed by atoms with E-state index in [9.17, 15) is 0 Å². The second kappa shape index (κ2) is 5.90. The van der Waals surface area contributed by atoms with Gasteiger partial charge in [-0.2, -0.15) is 5.10 Å². The molecule has 0 amide bonds. The van der Waals surface area contributed by atoms with Crippen molar-refractivity contribution in [2.45, 2.75) is 33.1 Å². The van der Waals surface area contributed by atoms with Crippen molar-refractivity contribution in [3.8, 4) is 0 Å². The summed E-state index contributed by atoms with van der Waals surface area (Å²) in [6.45, 7) is 6.36. The van der Waals surface area contributed by atoms with Gasteiger partial charge in [-0.05, 0) is 12.3 Å². The lowest BCUT2D eigenvalue weighted by Gasteiger charge is -2.16. The summed E-state index contributed by atoms with van der Waals surface area (Å²) in [5.41, 5.74) is 3.12. The Morgan fingerprint density at radius 1 is 1.25 bits per heavy atom. The molecule has 0 saturated carbocycles. The van der Waals surface area contributed by atoms with Crippen LogP contribution < -0.4 is 10.6 Å². The summed E-state index contributed by atoms with van der Waals surface area (Å²) >= 11 is 0. The molecule has 0 bridgehead atoms. The van der Waals surface area contributed by atoms with Gasteiger partial charge in [0, 0.05) is 25.9 Å². The molecule has 2 aromatic heterocycles. The fourth-order valence-electron chi connectivity index (χ4n) is 2.27. The Morgan fingerprint density at radius 2 is 1.95 bits per heavy atom. The Labute approximate surface area is 119 Å². The third-order valence-electron chi connectivity index (χ3n) is 3.19. The zero-order valence-corrected chi connectivity index (χ0v) is 12.7. The largest absolute Gasteiger partial charge is 0.373 e. The molecular formula is C14H22N6. The first kappa shape index (κ1) is 14.3. The lowest BCUT2D eigenvalue weighted by Crippen LogP contribution is -2.07. The third kappa shape index (κ3) is 2.74. The fraction of sp³-hybridized carbons (Fsp3) is 0.500. The minimum absolute atomic E-state index is 0.322. The molecule has 2 rings (SSSR count). The summed E-state index contributed by atoms with van der Waals surface area (Å²) in [5, 5.41) is 11.0. The van der Waals surface area contributed by atoms with Crippen LogP contribution in [0.2, 0.25) is 0 Å². The SMILES string of the molecule is CCc1nn(C)cc1Nc1ncnc(NC)c1C(C)C. The molecule has 2 aromatic rings. The highest BCUT2D eigenvalue weighted by molar-refractivity contribution is 5.66. The van der Waals surface area contributed by atoms with E-state index in [0.717, 1.165) is 35.0 Å². The van der Waals surface area contributed by atoms with Crippen molar-refractivity contribution in [2.24, 2.45) is 7.05 Å². The van der Waals surface area contributed by atoms with Crippen LogP contribution in [0.5, 0.6) is 0 Å². The van der Waals surface area contributed by atoms with Gasteiger partial charge < -0.3 is 10.6 Å². The molecule has 0 aliphatic carbocycles. The van der Waals surface area contributed by atoms with Crippen molar-refractivity contribution in [2.75, 3.05) is 17.7 Å². The quantitative estimate of drug-likeness (QED) is 0.877. The van der Waals surface area contributed by atoms with Crippen molar-refractivity contribution in [3.63, 3.8) is 0 Å². The van der Waals surface area contributed by atoms with E-state index in [2.05, 4.69) is 46.5 Å². The fourth-order valence-corrected chi connectivity index (χ4v) is 2.27. The summed E-state index contributed by atoms with van der Waals surface area (Å²) in [4.78, 5) is 8.67. The van der Waals surface area contributed by atoms with Gasteiger partial charge in [-0.3, -0.25) is 4.68 Å². The minimum atomic E-state index is 0.322. The van der Waals surface area contributed by atoms with Gasteiger partial charge in [0.2, 0.25) is 0 Å². The summed E-state index contributed by atoms with van der Waals surface area (Å²) < 4.78 is 1.82. The number of aromatic nitrogens is 4. The molecule has 0 aliphatic rings. The minimum Gasteiger partial charge on any atom is -0.373 e. The van der Waals surface area contributed by atoms with Crippen molar-refractivity contribution in [1.82, 2.24) is 19.7 Å². The third-order valence-corrected chi connectivity index (χ3v) is 3.19. The summed E-state index contributed by atoms with van der Waals surface area (Å²) in [6.07, 6.45) is 4.43. The van der Waals surface area contributed by atoms with Gasteiger partial charge in [0.15, 0.2) is 0 Å². The van der Waals surface area contributed by atoms with E-state index in [0.29, 0.717) is 5.92 Å². The number of rotatable bonds is 5. The highest BCUT2D eigenvalue weighted by atomic mass is 15.3. The first-order chi connectivity index (χ1) is 9.56. The van der Waals surface area contributed by atoms with Crippen LogP contribution in [0.15, 0.2) is 12.5 Å². The maximum atomic E-state index is 4.44. The summed E-state index contributed by atoms with van der Waals surface area (Å²) in [7, 11) is 3.80. The lowest BCUT2D eigenvalue weighted by molar-refractivity contribution is 0.746. The molecule has 6 nitrogen and oxygen atoms in total. The zero-order chi connectivity index (χ0) is 14.7. The molecule has 20 heavy (non-hydrogen) atoms. The van der Waals surface area contributed by atoms with E-state index >= 15 is 0 Å².